The Morgan fingerprint density at radius 3 is 2.77 bits per heavy atom. The van der Waals surface area contributed by atoms with Crippen molar-refractivity contribution in [3.63, 3.8) is 0 Å². The molecule has 1 aliphatic rings. The third-order valence-corrected chi connectivity index (χ3v) is 5.20. The van der Waals surface area contributed by atoms with Gasteiger partial charge in [-0.3, -0.25) is 4.79 Å². The van der Waals surface area contributed by atoms with Crippen molar-refractivity contribution in [3.8, 4) is 5.75 Å². The maximum Gasteiger partial charge on any atom is 0.256 e. The highest BCUT2D eigenvalue weighted by molar-refractivity contribution is 7.07. The molecule has 6 nitrogen and oxygen atoms in total. The van der Waals surface area contributed by atoms with Crippen LogP contribution in [0, 0.1) is 0 Å². The van der Waals surface area contributed by atoms with Crippen LogP contribution in [0.2, 0.25) is 0 Å². The number of rotatable bonds is 6. The molecular weight excluding hydrogens is 348 g/mol. The zero-order valence-corrected chi connectivity index (χ0v) is 15.1. The first-order valence-electron chi connectivity index (χ1n) is 8.74. The van der Waals surface area contributed by atoms with E-state index in [4.69, 9.17) is 4.74 Å². The number of benzene rings is 1. The van der Waals surface area contributed by atoms with Gasteiger partial charge in [0.05, 0.1) is 23.4 Å². The molecule has 7 heteroatoms. The van der Waals surface area contributed by atoms with Crippen LogP contribution in [0.1, 0.15) is 47.8 Å². The molecule has 0 radical (unpaired) electrons. The van der Waals surface area contributed by atoms with Crippen LogP contribution in [0.4, 0.5) is 5.82 Å². The normalized spacial score (nSPS) is 14.5. The number of aromatic nitrogens is 3. The Bertz CT molecular complexity index is 852. The Morgan fingerprint density at radius 1 is 1.23 bits per heavy atom. The summed E-state index contributed by atoms with van der Waals surface area (Å²) in [5.74, 6) is 1.33. The first-order valence-corrected chi connectivity index (χ1v) is 9.69. The number of anilines is 1. The fourth-order valence-corrected chi connectivity index (χ4v) is 3.75. The van der Waals surface area contributed by atoms with Gasteiger partial charge in [0.2, 0.25) is 0 Å². The molecule has 3 aromatic rings. The van der Waals surface area contributed by atoms with Crippen LogP contribution in [0.3, 0.4) is 0 Å². The molecule has 0 atom stereocenters. The monoisotopic (exact) mass is 368 g/mol. The Morgan fingerprint density at radius 2 is 2.04 bits per heavy atom. The molecule has 0 bridgehead atoms. The minimum absolute atomic E-state index is 0.143. The van der Waals surface area contributed by atoms with Crippen LogP contribution in [0.15, 0.2) is 47.4 Å². The topological polar surface area (TPSA) is 69.0 Å². The fraction of sp³-hybridized carbons (Fsp3) is 0.316. The molecule has 2 aromatic heterocycles. The second kappa shape index (κ2) is 7.70. The molecule has 1 aliphatic carbocycles. The minimum Gasteiger partial charge on any atom is -0.487 e. The lowest BCUT2D eigenvalue weighted by molar-refractivity contribution is 0.102. The molecule has 1 amide bonds. The molecule has 0 unspecified atom stereocenters. The third-order valence-electron chi connectivity index (χ3n) is 4.57. The van der Waals surface area contributed by atoms with Crippen LogP contribution in [-0.2, 0) is 6.61 Å². The van der Waals surface area contributed by atoms with Gasteiger partial charge in [-0.15, -0.1) is 11.3 Å². The number of thiazole rings is 1. The zero-order valence-electron chi connectivity index (χ0n) is 14.3. The molecular formula is C19H20N4O2S. The van der Waals surface area contributed by atoms with Crippen LogP contribution >= 0.6 is 11.3 Å². The predicted molar refractivity (Wildman–Crippen MR) is 101 cm³/mol. The summed E-state index contributed by atoms with van der Waals surface area (Å²) in [4.78, 5) is 16.7. The lowest BCUT2D eigenvalue weighted by Gasteiger charge is -2.14. The van der Waals surface area contributed by atoms with Gasteiger partial charge >= 0.3 is 0 Å². The number of nitrogens with one attached hydrogen (secondary N) is 1. The van der Waals surface area contributed by atoms with Gasteiger partial charge in [-0.1, -0.05) is 12.8 Å². The van der Waals surface area contributed by atoms with E-state index in [2.05, 4.69) is 15.4 Å². The van der Waals surface area contributed by atoms with Crippen molar-refractivity contribution in [1.82, 2.24) is 14.8 Å². The van der Waals surface area contributed by atoms with Gasteiger partial charge in [-0.2, -0.15) is 5.10 Å². The van der Waals surface area contributed by atoms with E-state index in [1.165, 1.54) is 12.8 Å². The lowest BCUT2D eigenvalue weighted by Crippen LogP contribution is -2.17. The highest BCUT2D eigenvalue weighted by Gasteiger charge is 2.20. The standard InChI is InChI=1S/C19H20N4O2S/c24-19(22-18-9-10-21-23(18)16-3-1-2-4-16)14-5-7-17(8-6-14)25-11-15-12-26-13-20-15/h5-10,12-13,16H,1-4,11H2,(H,22,24). The van der Waals surface area contributed by atoms with Gasteiger partial charge in [0.25, 0.3) is 5.91 Å². The van der Waals surface area contributed by atoms with Crippen molar-refractivity contribution in [3.05, 3.63) is 58.7 Å². The summed E-state index contributed by atoms with van der Waals surface area (Å²) in [5, 5.41) is 9.31. The van der Waals surface area contributed by atoms with E-state index in [1.807, 2.05) is 16.1 Å². The van der Waals surface area contributed by atoms with E-state index < -0.39 is 0 Å². The van der Waals surface area contributed by atoms with Crippen LogP contribution in [-0.4, -0.2) is 20.7 Å². The second-order valence-electron chi connectivity index (χ2n) is 6.35. The quantitative estimate of drug-likeness (QED) is 0.705. The number of carbonyl (C=O) groups excluding carboxylic acids is 1. The molecule has 2 heterocycles. The number of amides is 1. The van der Waals surface area contributed by atoms with E-state index in [0.29, 0.717) is 24.0 Å². The maximum atomic E-state index is 12.5. The summed E-state index contributed by atoms with van der Waals surface area (Å²) in [5.41, 5.74) is 3.27. The van der Waals surface area contributed by atoms with E-state index in [1.54, 1.807) is 47.3 Å². The first kappa shape index (κ1) is 16.8. The average molecular weight is 368 g/mol. The Kier molecular flexibility index (Phi) is 4.97. The molecule has 0 saturated heterocycles. The zero-order chi connectivity index (χ0) is 17.8. The predicted octanol–water partition coefficient (Wildman–Crippen LogP) is 4.29. The molecule has 1 fully saturated rings. The van der Waals surface area contributed by atoms with Gasteiger partial charge in [0, 0.05) is 17.0 Å². The van der Waals surface area contributed by atoms with E-state index >= 15 is 0 Å². The van der Waals surface area contributed by atoms with Gasteiger partial charge in [-0.25, -0.2) is 9.67 Å². The van der Waals surface area contributed by atoms with Gasteiger partial charge < -0.3 is 10.1 Å². The molecule has 26 heavy (non-hydrogen) atoms. The van der Waals surface area contributed by atoms with Crippen molar-refractivity contribution >= 4 is 23.1 Å². The van der Waals surface area contributed by atoms with Crippen LogP contribution < -0.4 is 10.1 Å². The summed E-state index contributed by atoms with van der Waals surface area (Å²) >= 11 is 1.54. The van der Waals surface area contributed by atoms with Crippen molar-refractivity contribution in [2.24, 2.45) is 0 Å². The van der Waals surface area contributed by atoms with Gasteiger partial charge in [-0.05, 0) is 37.1 Å². The van der Waals surface area contributed by atoms with Crippen molar-refractivity contribution in [1.29, 1.82) is 0 Å². The Balaban J connectivity index is 1.38. The lowest BCUT2D eigenvalue weighted by atomic mass is 10.2. The molecule has 134 valence electrons. The highest BCUT2D eigenvalue weighted by atomic mass is 32.1. The second-order valence-corrected chi connectivity index (χ2v) is 7.06. The number of ether oxygens (including phenoxy) is 1. The molecule has 1 aromatic carbocycles. The summed E-state index contributed by atoms with van der Waals surface area (Å²) in [6.07, 6.45) is 6.43. The maximum absolute atomic E-state index is 12.5. The number of hydrogen-bond acceptors (Lipinski definition) is 5. The Hall–Kier alpha value is -2.67. The largest absolute Gasteiger partial charge is 0.487 e. The Labute approximate surface area is 155 Å². The van der Waals surface area contributed by atoms with Crippen LogP contribution in [0.5, 0.6) is 5.75 Å². The SMILES string of the molecule is O=C(Nc1ccnn1C1CCCC1)c1ccc(OCc2cscn2)cc1. The van der Waals surface area contributed by atoms with Crippen molar-refractivity contribution in [2.45, 2.75) is 38.3 Å². The summed E-state index contributed by atoms with van der Waals surface area (Å²) in [6, 6.07) is 9.37. The third kappa shape index (κ3) is 3.77. The summed E-state index contributed by atoms with van der Waals surface area (Å²) in [7, 11) is 0. The van der Waals surface area contributed by atoms with Gasteiger partial charge in [0.1, 0.15) is 18.2 Å². The highest BCUT2D eigenvalue weighted by Crippen LogP contribution is 2.31. The van der Waals surface area contributed by atoms with Gasteiger partial charge in [0.15, 0.2) is 0 Å². The molecule has 0 aliphatic heterocycles. The number of carbonyl (C=O) groups is 1. The minimum atomic E-state index is -0.143. The van der Waals surface area contributed by atoms with E-state index in [9.17, 15) is 4.79 Å². The molecule has 1 saturated carbocycles. The number of nitrogens with zero attached hydrogens (tertiary/aromatic N) is 3. The van der Waals surface area contributed by atoms with Crippen molar-refractivity contribution in [2.75, 3.05) is 5.32 Å². The smallest absolute Gasteiger partial charge is 0.256 e. The van der Waals surface area contributed by atoms with E-state index in [-0.39, 0.29) is 5.91 Å². The molecule has 1 N–H and O–H groups in total. The average Bonchev–Trinajstić information content (AvgIpc) is 3.42. The summed E-state index contributed by atoms with van der Waals surface area (Å²) < 4.78 is 7.62. The van der Waals surface area contributed by atoms with Crippen LogP contribution in [0.25, 0.3) is 0 Å². The van der Waals surface area contributed by atoms with E-state index in [0.717, 1.165) is 24.4 Å². The number of hydrogen-bond donors (Lipinski definition) is 1. The van der Waals surface area contributed by atoms with Crippen molar-refractivity contribution < 1.29 is 9.53 Å². The fourth-order valence-electron chi connectivity index (χ4n) is 3.21. The summed E-state index contributed by atoms with van der Waals surface area (Å²) in [6.45, 7) is 0.426. The first-order chi connectivity index (χ1) is 12.8. The molecule has 0 spiro atoms. The molecule has 4 rings (SSSR count).